The van der Waals surface area contributed by atoms with Crippen LogP contribution in [-0.2, 0) is 14.8 Å². The van der Waals surface area contributed by atoms with E-state index in [4.69, 9.17) is 0 Å². The van der Waals surface area contributed by atoms with Crippen molar-refractivity contribution >= 4 is 37.8 Å². The number of aromatic nitrogens is 1. The number of hydrazine groups is 1. The Labute approximate surface area is 153 Å². The summed E-state index contributed by atoms with van der Waals surface area (Å²) in [5.74, 6) is -1.22. The molecule has 8 nitrogen and oxygen atoms in total. The first-order chi connectivity index (χ1) is 11.7. The molecule has 0 bridgehead atoms. The highest BCUT2D eigenvalue weighted by Gasteiger charge is 2.23. The molecule has 0 aliphatic heterocycles. The lowest BCUT2D eigenvalue weighted by molar-refractivity contribution is -0.121. The zero-order chi connectivity index (χ0) is 18.6. The summed E-state index contributed by atoms with van der Waals surface area (Å²) in [7, 11) is -2.50. The molecular formula is C15H17BrN4O4S. The van der Waals surface area contributed by atoms with Crippen molar-refractivity contribution in [3.05, 3.63) is 52.3 Å². The molecule has 0 aliphatic carbocycles. The Morgan fingerprint density at radius 2 is 1.84 bits per heavy atom. The van der Waals surface area contributed by atoms with Crippen LogP contribution in [0.5, 0.6) is 0 Å². The third-order valence-electron chi connectivity index (χ3n) is 3.30. The van der Waals surface area contributed by atoms with Gasteiger partial charge < -0.3 is 4.98 Å². The summed E-state index contributed by atoms with van der Waals surface area (Å²) in [4.78, 5) is 26.5. The number of aryl methyl sites for hydroxylation is 1. The second kappa shape index (κ2) is 7.81. The van der Waals surface area contributed by atoms with Crippen LogP contribution < -0.4 is 10.9 Å². The average Bonchev–Trinajstić information content (AvgIpc) is 2.99. The van der Waals surface area contributed by atoms with Gasteiger partial charge in [-0.2, -0.15) is 4.31 Å². The largest absolute Gasteiger partial charge is 0.356 e. The van der Waals surface area contributed by atoms with Crippen molar-refractivity contribution in [1.82, 2.24) is 20.1 Å². The van der Waals surface area contributed by atoms with Gasteiger partial charge in [-0.15, -0.1) is 0 Å². The minimum absolute atomic E-state index is 0.0914. The van der Waals surface area contributed by atoms with Crippen molar-refractivity contribution in [1.29, 1.82) is 0 Å². The number of hydrogen-bond acceptors (Lipinski definition) is 4. The first-order valence-electron chi connectivity index (χ1n) is 7.16. The number of H-pyrrole nitrogens is 1. The fraction of sp³-hybridized carbons (Fsp3) is 0.200. The molecule has 1 aromatic heterocycles. The van der Waals surface area contributed by atoms with Gasteiger partial charge in [-0.3, -0.25) is 20.4 Å². The van der Waals surface area contributed by atoms with Gasteiger partial charge in [-0.1, -0.05) is 17.7 Å². The number of likely N-dealkylation sites (N-methyl/N-ethyl adjacent to an activating group) is 1. The number of carbonyl (C=O) groups is 2. The second-order valence-corrected chi connectivity index (χ2v) is 8.27. The number of sulfonamides is 1. The van der Waals surface area contributed by atoms with Crippen LogP contribution in [0.1, 0.15) is 16.1 Å². The van der Waals surface area contributed by atoms with Gasteiger partial charge in [0.1, 0.15) is 5.69 Å². The van der Waals surface area contributed by atoms with Crippen LogP contribution in [0.2, 0.25) is 0 Å². The minimum atomic E-state index is -3.79. The number of amides is 2. The van der Waals surface area contributed by atoms with Gasteiger partial charge in [0.05, 0.1) is 11.4 Å². The van der Waals surface area contributed by atoms with E-state index >= 15 is 0 Å². The smallest absolute Gasteiger partial charge is 0.286 e. The summed E-state index contributed by atoms with van der Waals surface area (Å²) in [6, 6.07) is 7.84. The van der Waals surface area contributed by atoms with Gasteiger partial charge in [0, 0.05) is 17.7 Å². The van der Waals surface area contributed by atoms with Crippen LogP contribution in [0, 0.1) is 6.92 Å². The molecule has 0 saturated heterocycles. The van der Waals surface area contributed by atoms with Gasteiger partial charge in [0.15, 0.2) is 0 Å². The van der Waals surface area contributed by atoms with Gasteiger partial charge in [-0.05, 0) is 41.1 Å². The molecule has 0 atom stereocenters. The normalized spacial score (nSPS) is 11.4. The molecule has 0 radical (unpaired) electrons. The Hall–Kier alpha value is -2.17. The van der Waals surface area contributed by atoms with E-state index in [-0.39, 0.29) is 10.6 Å². The fourth-order valence-corrected chi connectivity index (χ4v) is 3.38. The highest BCUT2D eigenvalue weighted by atomic mass is 79.9. The van der Waals surface area contributed by atoms with Crippen molar-refractivity contribution in [2.45, 2.75) is 11.8 Å². The predicted molar refractivity (Wildman–Crippen MR) is 95.1 cm³/mol. The zero-order valence-corrected chi connectivity index (χ0v) is 15.9. The monoisotopic (exact) mass is 428 g/mol. The predicted octanol–water partition coefficient (Wildman–Crippen LogP) is 1.17. The molecule has 1 aromatic carbocycles. The van der Waals surface area contributed by atoms with Gasteiger partial charge in [0.2, 0.25) is 10.0 Å². The quantitative estimate of drug-likeness (QED) is 0.620. The van der Waals surface area contributed by atoms with Gasteiger partial charge in [0.25, 0.3) is 11.8 Å². The van der Waals surface area contributed by atoms with Crippen molar-refractivity contribution in [3.63, 3.8) is 0 Å². The molecule has 2 rings (SSSR count). The molecule has 25 heavy (non-hydrogen) atoms. The molecule has 134 valence electrons. The molecular weight excluding hydrogens is 412 g/mol. The molecule has 0 unspecified atom stereocenters. The molecule has 2 aromatic rings. The summed E-state index contributed by atoms with van der Waals surface area (Å²) in [6.07, 6.45) is 1.57. The van der Waals surface area contributed by atoms with E-state index in [1.807, 2.05) is 6.92 Å². The van der Waals surface area contributed by atoms with Crippen molar-refractivity contribution in [2.24, 2.45) is 0 Å². The lowest BCUT2D eigenvalue weighted by Gasteiger charge is -2.17. The number of halogens is 1. The molecule has 0 aliphatic rings. The highest BCUT2D eigenvalue weighted by Crippen LogP contribution is 2.14. The van der Waals surface area contributed by atoms with E-state index in [2.05, 4.69) is 31.8 Å². The minimum Gasteiger partial charge on any atom is -0.356 e. The SMILES string of the molecule is Cc1ccc(S(=O)(=O)N(C)CC(=O)NNC(=O)c2cc(Br)c[nH]2)cc1. The molecule has 0 fully saturated rings. The first kappa shape index (κ1) is 19.2. The maximum atomic E-state index is 12.4. The van der Waals surface area contributed by atoms with Crippen LogP contribution in [-0.4, -0.2) is 43.1 Å². The summed E-state index contributed by atoms with van der Waals surface area (Å²) in [5.41, 5.74) is 5.55. The number of nitrogens with one attached hydrogen (secondary N) is 3. The maximum absolute atomic E-state index is 12.4. The van der Waals surface area contributed by atoms with Gasteiger partial charge >= 0.3 is 0 Å². The van der Waals surface area contributed by atoms with E-state index < -0.39 is 28.4 Å². The Bertz CT molecular complexity index is 877. The molecule has 3 N–H and O–H groups in total. The number of carbonyl (C=O) groups excluding carboxylic acids is 2. The highest BCUT2D eigenvalue weighted by molar-refractivity contribution is 9.10. The number of nitrogens with zero attached hydrogens (tertiary/aromatic N) is 1. The number of benzene rings is 1. The molecule has 0 saturated carbocycles. The average molecular weight is 429 g/mol. The lowest BCUT2D eigenvalue weighted by Crippen LogP contribution is -2.46. The summed E-state index contributed by atoms with van der Waals surface area (Å²) in [5, 5.41) is 0. The van der Waals surface area contributed by atoms with Crippen LogP contribution in [0.15, 0.2) is 45.9 Å². The van der Waals surface area contributed by atoms with Crippen LogP contribution in [0.25, 0.3) is 0 Å². The maximum Gasteiger partial charge on any atom is 0.286 e. The molecule has 2 amide bonds. The lowest BCUT2D eigenvalue weighted by atomic mass is 10.2. The first-order valence-corrected chi connectivity index (χ1v) is 9.39. The standard InChI is InChI=1S/C15H17BrN4O4S/c1-10-3-5-12(6-4-10)25(23,24)20(2)9-14(21)18-19-15(22)13-7-11(16)8-17-13/h3-8,17H,9H2,1-2H3,(H,18,21)(H,19,22). The fourth-order valence-electron chi connectivity index (χ4n) is 1.91. The van der Waals surface area contributed by atoms with E-state index in [0.717, 1.165) is 9.87 Å². The zero-order valence-electron chi connectivity index (χ0n) is 13.5. The summed E-state index contributed by atoms with van der Waals surface area (Å²) < 4.78 is 26.4. The Kier molecular flexibility index (Phi) is 5.98. The van der Waals surface area contributed by atoms with E-state index in [9.17, 15) is 18.0 Å². The Morgan fingerprint density at radius 1 is 1.20 bits per heavy atom. The number of hydrogen-bond donors (Lipinski definition) is 3. The van der Waals surface area contributed by atoms with Crippen molar-refractivity contribution in [2.75, 3.05) is 13.6 Å². The molecule has 10 heteroatoms. The van der Waals surface area contributed by atoms with Crippen LogP contribution in [0.3, 0.4) is 0 Å². The number of rotatable bonds is 5. The van der Waals surface area contributed by atoms with E-state index in [1.165, 1.54) is 25.2 Å². The third kappa shape index (κ3) is 4.91. The van der Waals surface area contributed by atoms with Crippen molar-refractivity contribution in [3.8, 4) is 0 Å². The topological polar surface area (TPSA) is 111 Å². The third-order valence-corrected chi connectivity index (χ3v) is 5.58. The second-order valence-electron chi connectivity index (χ2n) is 5.31. The van der Waals surface area contributed by atoms with Gasteiger partial charge in [-0.25, -0.2) is 8.42 Å². The van der Waals surface area contributed by atoms with Crippen molar-refractivity contribution < 1.29 is 18.0 Å². The Balaban J connectivity index is 1.93. The molecule has 0 spiro atoms. The van der Waals surface area contributed by atoms with Crippen LogP contribution in [0.4, 0.5) is 0 Å². The van der Waals surface area contributed by atoms with E-state index in [1.54, 1.807) is 18.3 Å². The Morgan fingerprint density at radius 3 is 2.40 bits per heavy atom. The number of aromatic amines is 1. The summed E-state index contributed by atoms with van der Waals surface area (Å²) >= 11 is 3.19. The molecule has 1 heterocycles. The summed E-state index contributed by atoms with van der Waals surface area (Å²) in [6.45, 7) is 1.41. The van der Waals surface area contributed by atoms with E-state index in [0.29, 0.717) is 4.47 Å². The van der Waals surface area contributed by atoms with Crippen LogP contribution >= 0.6 is 15.9 Å².